The largest absolute Gasteiger partial charge is 0.465 e. The Kier molecular flexibility index (Phi) is 5.29. The van der Waals surface area contributed by atoms with Crippen LogP contribution >= 0.6 is 23.1 Å². The van der Waals surface area contributed by atoms with Crippen molar-refractivity contribution < 1.29 is 13.9 Å². The van der Waals surface area contributed by atoms with E-state index in [9.17, 15) is 9.18 Å². The second-order valence-electron chi connectivity index (χ2n) is 6.25. The summed E-state index contributed by atoms with van der Waals surface area (Å²) in [6, 6.07) is 6.34. The van der Waals surface area contributed by atoms with Crippen LogP contribution in [0.15, 0.2) is 34.7 Å². The van der Waals surface area contributed by atoms with Crippen molar-refractivity contribution in [1.29, 1.82) is 0 Å². The molecule has 4 nitrogen and oxygen atoms in total. The van der Waals surface area contributed by atoms with Gasteiger partial charge in [0.25, 0.3) is 0 Å². The molecule has 0 amide bonds. The first-order valence-corrected chi connectivity index (χ1v) is 9.89. The molecule has 0 saturated heterocycles. The summed E-state index contributed by atoms with van der Waals surface area (Å²) in [7, 11) is 0. The Labute approximate surface area is 159 Å². The molecule has 3 rings (SSSR count). The van der Waals surface area contributed by atoms with Gasteiger partial charge in [0.1, 0.15) is 26.2 Å². The van der Waals surface area contributed by atoms with Crippen LogP contribution in [0.5, 0.6) is 0 Å². The maximum absolute atomic E-state index is 13.3. The molecule has 1 aromatic carbocycles. The first-order chi connectivity index (χ1) is 12.3. The van der Waals surface area contributed by atoms with Gasteiger partial charge in [-0.25, -0.2) is 14.4 Å². The van der Waals surface area contributed by atoms with Gasteiger partial charge in [-0.05, 0) is 45.4 Å². The molecule has 26 heavy (non-hydrogen) atoms. The van der Waals surface area contributed by atoms with Gasteiger partial charge in [-0.3, -0.25) is 4.79 Å². The predicted octanol–water partition coefficient (Wildman–Crippen LogP) is 5.24. The zero-order valence-electron chi connectivity index (χ0n) is 15.0. The fraction of sp³-hybridized carbons (Fsp3) is 0.316. The molecule has 0 atom stereocenters. The quantitative estimate of drug-likeness (QED) is 0.339. The minimum atomic E-state index is -0.786. The number of rotatable bonds is 5. The lowest BCUT2D eigenvalue weighted by Gasteiger charge is -2.21. The molecular weight excluding hydrogens is 371 g/mol. The molecule has 0 bridgehead atoms. The summed E-state index contributed by atoms with van der Waals surface area (Å²) in [6.07, 6.45) is 0. The number of nitrogens with zero attached hydrogens (tertiary/aromatic N) is 2. The second kappa shape index (κ2) is 7.32. The number of benzene rings is 1. The first-order valence-electron chi connectivity index (χ1n) is 8.20. The highest BCUT2D eigenvalue weighted by Gasteiger charge is 2.32. The number of carbonyl (C=O) groups excluding carboxylic acids is 1. The summed E-state index contributed by atoms with van der Waals surface area (Å²) in [5.41, 5.74) is 1.83. The van der Waals surface area contributed by atoms with Crippen LogP contribution in [0.3, 0.4) is 0 Å². The van der Waals surface area contributed by atoms with Crippen molar-refractivity contribution in [3.63, 3.8) is 0 Å². The molecule has 0 aliphatic heterocycles. The third-order valence-corrected chi connectivity index (χ3v) is 5.82. The Hall–Kier alpha value is -1.99. The Morgan fingerprint density at radius 2 is 1.96 bits per heavy atom. The summed E-state index contributed by atoms with van der Waals surface area (Å²) < 4.78 is 17.7. The number of thiophene rings is 1. The zero-order valence-corrected chi connectivity index (χ0v) is 16.6. The number of halogens is 1. The third kappa shape index (κ3) is 3.73. The minimum Gasteiger partial charge on any atom is -0.465 e. The third-order valence-electron chi connectivity index (χ3n) is 3.79. The number of aryl methyl sites for hydroxylation is 1. The molecular formula is C19H19FN2O2S2. The van der Waals surface area contributed by atoms with E-state index < -0.39 is 4.75 Å². The van der Waals surface area contributed by atoms with E-state index in [0.29, 0.717) is 12.4 Å². The molecule has 0 radical (unpaired) electrons. The highest BCUT2D eigenvalue weighted by molar-refractivity contribution is 8.01. The van der Waals surface area contributed by atoms with Crippen LogP contribution in [-0.2, 0) is 9.53 Å². The molecule has 0 saturated carbocycles. The molecule has 2 heterocycles. The molecule has 7 heteroatoms. The number of thioether (sulfide) groups is 1. The first kappa shape index (κ1) is 18.8. The van der Waals surface area contributed by atoms with Gasteiger partial charge in [0.15, 0.2) is 0 Å². The SMILES string of the molecule is CCOC(=O)C(C)(C)Sc1nc(C)nc2scc(-c3ccc(F)cc3)c12. The van der Waals surface area contributed by atoms with Crippen LogP contribution in [0.1, 0.15) is 26.6 Å². The summed E-state index contributed by atoms with van der Waals surface area (Å²) in [5, 5.41) is 3.61. The summed E-state index contributed by atoms with van der Waals surface area (Å²) in [5.74, 6) is 0.0820. The number of aromatic nitrogens is 2. The Bertz CT molecular complexity index is 952. The van der Waals surface area contributed by atoms with Gasteiger partial charge in [0, 0.05) is 10.9 Å². The molecule has 136 valence electrons. The Morgan fingerprint density at radius 3 is 2.62 bits per heavy atom. The van der Waals surface area contributed by atoms with E-state index in [-0.39, 0.29) is 11.8 Å². The smallest absolute Gasteiger partial charge is 0.322 e. The second-order valence-corrected chi connectivity index (χ2v) is 8.71. The van der Waals surface area contributed by atoms with Gasteiger partial charge >= 0.3 is 5.97 Å². The van der Waals surface area contributed by atoms with Gasteiger partial charge in [-0.1, -0.05) is 23.9 Å². The Morgan fingerprint density at radius 1 is 1.27 bits per heavy atom. The molecule has 0 aliphatic carbocycles. The number of ether oxygens (including phenoxy) is 1. The van der Waals surface area contributed by atoms with Crippen molar-refractivity contribution in [1.82, 2.24) is 9.97 Å². The Balaban J connectivity index is 2.11. The van der Waals surface area contributed by atoms with Crippen LogP contribution in [0.4, 0.5) is 4.39 Å². The van der Waals surface area contributed by atoms with Crippen LogP contribution in [-0.4, -0.2) is 27.3 Å². The lowest BCUT2D eigenvalue weighted by Crippen LogP contribution is -2.30. The number of esters is 1. The van der Waals surface area contributed by atoms with Gasteiger partial charge in [0.05, 0.1) is 12.0 Å². The van der Waals surface area contributed by atoms with E-state index in [1.165, 1.54) is 35.2 Å². The van der Waals surface area contributed by atoms with E-state index in [0.717, 1.165) is 26.4 Å². The summed E-state index contributed by atoms with van der Waals surface area (Å²) in [6.45, 7) is 7.60. The topological polar surface area (TPSA) is 52.1 Å². The molecule has 3 aromatic rings. The van der Waals surface area contributed by atoms with Crippen LogP contribution < -0.4 is 0 Å². The summed E-state index contributed by atoms with van der Waals surface area (Å²) in [4.78, 5) is 22.2. The van der Waals surface area contributed by atoms with Crippen LogP contribution in [0, 0.1) is 12.7 Å². The summed E-state index contributed by atoms with van der Waals surface area (Å²) >= 11 is 2.87. The lowest BCUT2D eigenvalue weighted by molar-refractivity contribution is -0.145. The lowest BCUT2D eigenvalue weighted by atomic mass is 10.1. The monoisotopic (exact) mass is 390 g/mol. The van der Waals surface area contributed by atoms with Crippen molar-refractivity contribution in [3.05, 3.63) is 41.3 Å². The van der Waals surface area contributed by atoms with Crippen molar-refractivity contribution in [2.45, 2.75) is 37.5 Å². The predicted molar refractivity (Wildman–Crippen MR) is 104 cm³/mol. The van der Waals surface area contributed by atoms with E-state index in [4.69, 9.17) is 4.74 Å². The standard InChI is InChI=1S/C19H19FN2O2S2/c1-5-24-18(23)19(3,4)26-17-15-14(12-6-8-13(20)9-7-12)10-25-16(15)21-11(2)22-17/h6-10H,5H2,1-4H3. The van der Waals surface area contributed by atoms with Crippen molar-refractivity contribution in [2.24, 2.45) is 0 Å². The van der Waals surface area contributed by atoms with Gasteiger partial charge in [-0.15, -0.1) is 11.3 Å². The minimum absolute atomic E-state index is 0.279. The van der Waals surface area contributed by atoms with Gasteiger partial charge in [-0.2, -0.15) is 0 Å². The average molecular weight is 391 g/mol. The fourth-order valence-corrected chi connectivity index (χ4v) is 4.68. The van der Waals surface area contributed by atoms with Crippen molar-refractivity contribution in [3.8, 4) is 11.1 Å². The molecule has 0 unspecified atom stereocenters. The van der Waals surface area contributed by atoms with Crippen molar-refractivity contribution >= 4 is 39.3 Å². The van der Waals surface area contributed by atoms with E-state index in [1.807, 2.05) is 26.2 Å². The number of hydrogen-bond acceptors (Lipinski definition) is 6. The number of hydrogen-bond donors (Lipinski definition) is 0. The van der Waals surface area contributed by atoms with Crippen LogP contribution in [0.25, 0.3) is 21.3 Å². The maximum atomic E-state index is 13.3. The number of fused-ring (bicyclic) bond motifs is 1. The highest BCUT2D eigenvalue weighted by Crippen LogP contribution is 2.42. The highest BCUT2D eigenvalue weighted by atomic mass is 32.2. The van der Waals surface area contributed by atoms with Crippen molar-refractivity contribution in [2.75, 3.05) is 6.61 Å². The van der Waals surface area contributed by atoms with E-state index in [1.54, 1.807) is 19.1 Å². The molecule has 0 N–H and O–H groups in total. The van der Waals surface area contributed by atoms with E-state index in [2.05, 4.69) is 9.97 Å². The molecule has 0 spiro atoms. The van der Waals surface area contributed by atoms with Gasteiger partial charge in [0.2, 0.25) is 0 Å². The van der Waals surface area contributed by atoms with Gasteiger partial charge < -0.3 is 4.74 Å². The van der Waals surface area contributed by atoms with Crippen LogP contribution in [0.2, 0.25) is 0 Å². The maximum Gasteiger partial charge on any atom is 0.322 e. The molecule has 0 aliphatic rings. The average Bonchev–Trinajstić information content (AvgIpc) is 2.99. The number of carbonyl (C=O) groups is 1. The molecule has 0 fully saturated rings. The fourth-order valence-electron chi connectivity index (χ4n) is 2.52. The molecule has 2 aromatic heterocycles. The zero-order chi connectivity index (χ0) is 18.9. The normalized spacial score (nSPS) is 11.7. The van der Waals surface area contributed by atoms with E-state index >= 15 is 0 Å².